The molecule has 1 aromatic rings. The first kappa shape index (κ1) is 10.8. The van der Waals surface area contributed by atoms with Gasteiger partial charge in [0, 0.05) is 10.2 Å². The van der Waals surface area contributed by atoms with E-state index in [0.29, 0.717) is 10.2 Å². The molecule has 0 spiro atoms. The van der Waals surface area contributed by atoms with Crippen LogP contribution < -0.4 is 11.1 Å². The molecule has 0 aromatic heterocycles. The van der Waals surface area contributed by atoms with E-state index >= 15 is 0 Å². The van der Waals surface area contributed by atoms with Gasteiger partial charge in [-0.25, -0.2) is 9.18 Å². The van der Waals surface area contributed by atoms with Crippen molar-refractivity contribution < 1.29 is 13.9 Å². The molecule has 1 aromatic carbocycles. The normalized spacial score (nSPS) is 9.64. The van der Waals surface area contributed by atoms with Crippen molar-refractivity contribution in [3.63, 3.8) is 0 Å². The van der Waals surface area contributed by atoms with Crippen LogP contribution in [0.2, 0.25) is 0 Å². The molecule has 0 saturated heterocycles. The van der Waals surface area contributed by atoms with Crippen molar-refractivity contribution in [1.29, 1.82) is 0 Å². The minimum Gasteiger partial charge on any atom is -0.453 e. The first-order valence-corrected chi connectivity index (χ1v) is 4.43. The number of nitrogens with one attached hydrogen (secondary N) is 1. The van der Waals surface area contributed by atoms with Gasteiger partial charge < -0.3 is 10.5 Å². The lowest BCUT2D eigenvalue weighted by molar-refractivity contribution is 0.187. The van der Waals surface area contributed by atoms with E-state index < -0.39 is 11.9 Å². The molecule has 0 bridgehead atoms. The Labute approximate surface area is 88.4 Å². The molecule has 0 unspecified atom stereocenters. The van der Waals surface area contributed by atoms with E-state index in [4.69, 9.17) is 5.73 Å². The third-order valence-electron chi connectivity index (χ3n) is 1.51. The van der Waals surface area contributed by atoms with E-state index in [-0.39, 0.29) is 5.69 Å². The van der Waals surface area contributed by atoms with E-state index in [0.717, 1.165) is 0 Å². The number of ether oxygens (including phenoxy) is 1. The highest BCUT2D eigenvalue weighted by Crippen LogP contribution is 2.26. The van der Waals surface area contributed by atoms with Gasteiger partial charge in [0.15, 0.2) is 0 Å². The third kappa shape index (κ3) is 2.35. The summed E-state index contributed by atoms with van der Waals surface area (Å²) < 4.78 is 17.9. The van der Waals surface area contributed by atoms with Gasteiger partial charge in [0.1, 0.15) is 5.82 Å². The molecule has 1 rings (SSSR count). The van der Waals surface area contributed by atoms with E-state index in [1.165, 1.54) is 19.2 Å². The summed E-state index contributed by atoms with van der Waals surface area (Å²) in [4.78, 5) is 10.8. The smallest absolute Gasteiger partial charge is 0.411 e. The molecule has 6 heteroatoms. The number of nitrogens with two attached hydrogens (primary N) is 1. The molecule has 0 aliphatic carbocycles. The number of hydrogen-bond acceptors (Lipinski definition) is 3. The number of rotatable bonds is 1. The minimum atomic E-state index is -0.745. The van der Waals surface area contributed by atoms with Gasteiger partial charge in [-0.15, -0.1) is 0 Å². The van der Waals surface area contributed by atoms with E-state index in [2.05, 4.69) is 26.0 Å². The average molecular weight is 263 g/mol. The zero-order valence-electron chi connectivity index (χ0n) is 7.30. The van der Waals surface area contributed by atoms with Crippen LogP contribution in [0.25, 0.3) is 0 Å². The summed E-state index contributed by atoms with van der Waals surface area (Å²) in [6, 6.07) is 2.47. The Morgan fingerprint density at radius 1 is 1.64 bits per heavy atom. The molecule has 14 heavy (non-hydrogen) atoms. The number of carbonyl (C=O) groups excluding carboxylic acids is 1. The Morgan fingerprint density at radius 2 is 2.29 bits per heavy atom. The standard InChI is InChI=1S/C8H8BrFN2O2/c1-14-8(13)12-7-3-6(11)4(9)2-5(7)10/h2-3H,11H2,1H3,(H,12,13). The topological polar surface area (TPSA) is 64.3 Å². The van der Waals surface area contributed by atoms with Gasteiger partial charge in [0.05, 0.1) is 12.8 Å². The van der Waals surface area contributed by atoms with Gasteiger partial charge in [-0.1, -0.05) is 0 Å². The SMILES string of the molecule is COC(=O)Nc1cc(N)c(Br)cc1F. The van der Waals surface area contributed by atoms with Crippen LogP contribution >= 0.6 is 15.9 Å². The molecular weight excluding hydrogens is 255 g/mol. The van der Waals surface area contributed by atoms with Crippen molar-refractivity contribution in [3.8, 4) is 0 Å². The van der Waals surface area contributed by atoms with Gasteiger partial charge in [-0.2, -0.15) is 0 Å². The number of halogens is 2. The lowest BCUT2D eigenvalue weighted by atomic mass is 10.2. The highest BCUT2D eigenvalue weighted by Gasteiger charge is 2.09. The highest BCUT2D eigenvalue weighted by molar-refractivity contribution is 9.10. The van der Waals surface area contributed by atoms with Crippen LogP contribution in [-0.2, 0) is 4.74 Å². The summed E-state index contributed by atoms with van der Waals surface area (Å²) in [5, 5.41) is 2.19. The number of benzene rings is 1. The molecule has 76 valence electrons. The van der Waals surface area contributed by atoms with Crippen LogP contribution in [0, 0.1) is 5.82 Å². The van der Waals surface area contributed by atoms with Crippen LogP contribution in [0.1, 0.15) is 0 Å². The average Bonchev–Trinajstić information content (AvgIpc) is 2.14. The van der Waals surface area contributed by atoms with E-state index in [1.54, 1.807) is 0 Å². The summed E-state index contributed by atoms with van der Waals surface area (Å²) in [7, 11) is 1.19. The fourth-order valence-electron chi connectivity index (χ4n) is 0.823. The van der Waals surface area contributed by atoms with Gasteiger partial charge in [-0.3, -0.25) is 5.32 Å². The van der Waals surface area contributed by atoms with Crippen LogP contribution in [0.15, 0.2) is 16.6 Å². The third-order valence-corrected chi connectivity index (χ3v) is 2.20. The van der Waals surface area contributed by atoms with Crippen LogP contribution in [0.3, 0.4) is 0 Å². The van der Waals surface area contributed by atoms with Crippen LogP contribution in [0.5, 0.6) is 0 Å². The van der Waals surface area contributed by atoms with Crippen molar-refractivity contribution in [1.82, 2.24) is 0 Å². The fraction of sp³-hybridized carbons (Fsp3) is 0.125. The summed E-state index contributed by atoms with van der Waals surface area (Å²) >= 11 is 3.05. The van der Waals surface area contributed by atoms with Gasteiger partial charge in [0.2, 0.25) is 0 Å². The second-order valence-electron chi connectivity index (χ2n) is 2.47. The summed E-state index contributed by atoms with van der Waals surface area (Å²) in [5.41, 5.74) is 5.82. The van der Waals surface area contributed by atoms with Gasteiger partial charge in [0.25, 0.3) is 0 Å². The lowest BCUT2D eigenvalue weighted by Crippen LogP contribution is -2.12. The van der Waals surface area contributed by atoms with Crippen LogP contribution in [0.4, 0.5) is 20.6 Å². The highest BCUT2D eigenvalue weighted by atomic mass is 79.9. The quantitative estimate of drug-likeness (QED) is 0.764. The number of amides is 1. The van der Waals surface area contributed by atoms with Crippen molar-refractivity contribution in [3.05, 3.63) is 22.4 Å². The Balaban J connectivity index is 2.98. The monoisotopic (exact) mass is 262 g/mol. The summed E-state index contributed by atoms with van der Waals surface area (Å²) in [6.45, 7) is 0. The van der Waals surface area contributed by atoms with Gasteiger partial charge in [-0.05, 0) is 28.1 Å². The number of methoxy groups -OCH3 is 1. The van der Waals surface area contributed by atoms with Crippen molar-refractivity contribution >= 4 is 33.4 Å². The zero-order valence-corrected chi connectivity index (χ0v) is 8.89. The Morgan fingerprint density at radius 3 is 2.86 bits per heavy atom. The number of carbonyl (C=O) groups is 1. The molecule has 4 nitrogen and oxygen atoms in total. The number of nitrogen functional groups attached to an aromatic ring is 1. The van der Waals surface area contributed by atoms with Crippen LogP contribution in [-0.4, -0.2) is 13.2 Å². The van der Waals surface area contributed by atoms with Gasteiger partial charge >= 0.3 is 6.09 Å². The molecule has 0 aliphatic rings. The van der Waals surface area contributed by atoms with Crippen molar-refractivity contribution in [2.45, 2.75) is 0 Å². The molecule has 0 heterocycles. The number of anilines is 2. The maximum Gasteiger partial charge on any atom is 0.411 e. The minimum absolute atomic E-state index is 0.0162. The first-order valence-electron chi connectivity index (χ1n) is 3.64. The molecule has 1 amide bonds. The maximum absolute atomic E-state index is 13.2. The number of hydrogen-bond donors (Lipinski definition) is 2. The Kier molecular flexibility index (Phi) is 3.29. The summed E-state index contributed by atoms with van der Waals surface area (Å²) in [5.74, 6) is -0.587. The second kappa shape index (κ2) is 4.28. The zero-order chi connectivity index (χ0) is 10.7. The Hall–Kier alpha value is -1.30. The molecule has 0 radical (unpaired) electrons. The van der Waals surface area contributed by atoms with E-state index in [9.17, 15) is 9.18 Å². The fourth-order valence-corrected chi connectivity index (χ4v) is 1.14. The molecule has 0 saturated carbocycles. The largest absolute Gasteiger partial charge is 0.453 e. The predicted octanol–water partition coefficient (Wildman–Crippen LogP) is 2.35. The molecule has 0 aliphatic heterocycles. The second-order valence-corrected chi connectivity index (χ2v) is 3.32. The first-order chi connectivity index (χ1) is 6.54. The van der Waals surface area contributed by atoms with Crippen molar-refractivity contribution in [2.75, 3.05) is 18.2 Å². The molecule has 0 atom stereocenters. The lowest BCUT2D eigenvalue weighted by Gasteiger charge is -2.06. The summed E-state index contributed by atoms with van der Waals surface area (Å²) in [6.07, 6.45) is -0.745. The maximum atomic E-state index is 13.2. The van der Waals surface area contributed by atoms with E-state index in [1.807, 2.05) is 0 Å². The molecule has 3 N–H and O–H groups in total. The predicted molar refractivity (Wildman–Crippen MR) is 54.5 cm³/mol. The van der Waals surface area contributed by atoms with Crippen molar-refractivity contribution in [2.24, 2.45) is 0 Å². The Bertz CT molecular complexity index is 371. The molecule has 0 fully saturated rings. The molecular formula is C8H8BrFN2O2.